The fourth-order valence-electron chi connectivity index (χ4n) is 2.49. The van der Waals surface area contributed by atoms with Crippen LogP contribution in [0.4, 0.5) is 0 Å². The zero-order valence-corrected chi connectivity index (χ0v) is 13.1. The van der Waals surface area contributed by atoms with Crippen molar-refractivity contribution in [2.45, 2.75) is 18.9 Å². The summed E-state index contributed by atoms with van der Waals surface area (Å²) in [5.41, 5.74) is 2.42. The average Bonchev–Trinajstić information content (AvgIpc) is 2.93. The van der Waals surface area contributed by atoms with Crippen LogP contribution >= 0.6 is 0 Å². The Labute approximate surface area is 125 Å². The van der Waals surface area contributed by atoms with Gasteiger partial charge in [0.05, 0.1) is 14.2 Å². The number of methoxy groups -OCH3 is 2. The van der Waals surface area contributed by atoms with Gasteiger partial charge >= 0.3 is 0 Å². The second-order valence-electron chi connectivity index (χ2n) is 4.94. The van der Waals surface area contributed by atoms with Crippen LogP contribution < -0.4 is 14.8 Å². The Kier molecular flexibility index (Phi) is 5.22. The first kappa shape index (κ1) is 15.4. The lowest BCUT2D eigenvalue weighted by atomic mass is 10.0. The number of aromatic nitrogens is 2. The Balaban J connectivity index is 2.12. The van der Waals surface area contributed by atoms with Crippen molar-refractivity contribution in [1.82, 2.24) is 15.1 Å². The fraction of sp³-hybridized carbons (Fsp3) is 0.438. The van der Waals surface area contributed by atoms with Crippen molar-refractivity contribution in [2.24, 2.45) is 7.05 Å². The van der Waals surface area contributed by atoms with E-state index in [0.29, 0.717) is 0 Å². The maximum Gasteiger partial charge on any atom is 0.161 e. The molecular formula is C16H23N3O2. The van der Waals surface area contributed by atoms with E-state index in [-0.39, 0.29) is 6.04 Å². The molecule has 0 aliphatic carbocycles. The topological polar surface area (TPSA) is 48.3 Å². The van der Waals surface area contributed by atoms with Crippen LogP contribution in [0.2, 0.25) is 0 Å². The summed E-state index contributed by atoms with van der Waals surface area (Å²) in [4.78, 5) is 0. The third-order valence-electron chi connectivity index (χ3n) is 3.77. The summed E-state index contributed by atoms with van der Waals surface area (Å²) in [5, 5.41) is 7.57. The van der Waals surface area contributed by atoms with Crippen LogP contribution in [0.25, 0.3) is 0 Å². The van der Waals surface area contributed by atoms with E-state index < -0.39 is 0 Å². The molecule has 0 aliphatic rings. The van der Waals surface area contributed by atoms with Crippen molar-refractivity contribution in [3.05, 3.63) is 41.7 Å². The number of hydrogen-bond acceptors (Lipinski definition) is 4. The molecule has 0 saturated heterocycles. The van der Waals surface area contributed by atoms with Crippen LogP contribution in [-0.2, 0) is 13.5 Å². The molecule has 0 radical (unpaired) electrons. The van der Waals surface area contributed by atoms with E-state index in [1.165, 1.54) is 11.3 Å². The molecule has 0 saturated carbocycles. The van der Waals surface area contributed by atoms with Gasteiger partial charge in [0.2, 0.25) is 0 Å². The van der Waals surface area contributed by atoms with E-state index in [9.17, 15) is 0 Å². The van der Waals surface area contributed by atoms with E-state index in [1.807, 2.05) is 37.1 Å². The molecule has 114 valence electrons. The van der Waals surface area contributed by atoms with Gasteiger partial charge in [-0.25, -0.2) is 0 Å². The van der Waals surface area contributed by atoms with Crippen LogP contribution in [0, 0.1) is 0 Å². The van der Waals surface area contributed by atoms with Crippen molar-refractivity contribution in [1.29, 1.82) is 0 Å². The average molecular weight is 289 g/mol. The third kappa shape index (κ3) is 3.55. The molecule has 0 amide bonds. The first-order valence-electron chi connectivity index (χ1n) is 7.05. The Hall–Kier alpha value is -2.01. The van der Waals surface area contributed by atoms with Gasteiger partial charge in [0.25, 0.3) is 0 Å². The van der Waals surface area contributed by atoms with Gasteiger partial charge in [0.15, 0.2) is 11.5 Å². The minimum atomic E-state index is 0.264. The number of ether oxygens (including phenoxy) is 2. The van der Waals surface area contributed by atoms with Crippen molar-refractivity contribution in [3.8, 4) is 11.5 Å². The second-order valence-corrected chi connectivity index (χ2v) is 4.94. The van der Waals surface area contributed by atoms with Crippen molar-refractivity contribution < 1.29 is 9.47 Å². The minimum absolute atomic E-state index is 0.264. The Bertz CT molecular complexity index is 581. The highest BCUT2D eigenvalue weighted by Gasteiger charge is 2.13. The minimum Gasteiger partial charge on any atom is -0.493 e. The van der Waals surface area contributed by atoms with Crippen LogP contribution in [0.1, 0.15) is 23.7 Å². The molecule has 0 aliphatic heterocycles. The van der Waals surface area contributed by atoms with Crippen molar-refractivity contribution >= 4 is 0 Å². The summed E-state index contributed by atoms with van der Waals surface area (Å²) < 4.78 is 12.6. The van der Waals surface area contributed by atoms with Crippen LogP contribution in [0.15, 0.2) is 30.5 Å². The van der Waals surface area contributed by atoms with Crippen LogP contribution in [0.3, 0.4) is 0 Å². The standard InChI is InChI=1S/C16H23N3O2/c1-17-14(7-6-13-9-10-18-19(13)2)12-5-8-15(20-3)16(11-12)21-4/h5,8-11,14,17H,6-7H2,1-4H3. The summed E-state index contributed by atoms with van der Waals surface area (Å²) in [6.07, 6.45) is 3.79. The highest BCUT2D eigenvalue weighted by atomic mass is 16.5. The van der Waals surface area contributed by atoms with Crippen molar-refractivity contribution in [2.75, 3.05) is 21.3 Å². The predicted molar refractivity (Wildman–Crippen MR) is 82.9 cm³/mol. The molecule has 5 nitrogen and oxygen atoms in total. The monoisotopic (exact) mass is 289 g/mol. The highest BCUT2D eigenvalue weighted by Crippen LogP contribution is 2.31. The molecule has 1 N–H and O–H groups in total. The first-order valence-corrected chi connectivity index (χ1v) is 7.05. The second kappa shape index (κ2) is 7.13. The molecule has 0 bridgehead atoms. The van der Waals surface area contributed by atoms with E-state index >= 15 is 0 Å². The molecular weight excluding hydrogens is 266 g/mol. The normalized spacial score (nSPS) is 12.2. The number of aryl methyl sites for hydroxylation is 2. The first-order chi connectivity index (χ1) is 10.2. The van der Waals surface area contributed by atoms with Crippen LogP contribution in [0.5, 0.6) is 11.5 Å². The zero-order chi connectivity index (χ0) is 15.2. The third-order valence-corrected chi connectivity index (χ3v) is 3.77. The number of hydrogen-bond donors (Lipinski definition) is 1. The smallest absolute Gasteiger partial charge is 0.161 e. The van der Waals surface area contributed by atoms with E-state index in [1.54, 1.807) is 14.2 Å². The Morgan fingerprint density at radius 2 is 1.95 bits per heavy atom. The summed E-state index contributed by atoms with van der Waals surface area (Å²) in [7, 11) is 7.26. The summed E-state index contributed by atoms with van der Waals surface area (Å²) in [6, 6.07) is 8.37. The molecule has 0 fully saturated rings. The maximum absolute atomic E-state index is 5.37. The molecule has 1 aromatic carbocycles. The molecule has 1 unspecified atom stereocenters. The van der Waals surface area contributed by atoms with Crippen LogP contribution in [-0.4, -0.2) is 31.0 Å². The maximum atomic E-state index is 5.37. The largest absolute Gasteiger partial charge is 0.493 e. The molecule has 1 atom stereocenters. The number of nitrogens with zero attached hydrogens (tertiary/aromatic N) is 2. The van der Waals surface area contributed by atoms with Gasteiger partial charge in [-0.1, -0.05) is 6.07 Å². The van der Waals surface area contributed by atoms with Gasteiger partial charge < -0.3 is 14.8 Å². The SMILES string of the molecule is CNC(CCc1ccnn1C)c1ccc(OC)c(OC)c1. The predicted octanol–water partition coefficient (Wildman–Crippen LogP) is 2.33. The van der Waals surface area contributed by atoms with Gasteiger partial charge in [-0.15, -0.1) is 0 Å². The lowest BCUT2D eigenvalue weighted by Gasteiger charge is -2.18. The summed E-state index contributed by atoms with van der Waals surface area (Å²) >= 11 is 0. The van der Waals surface area contributed by atoms with Gasteiger partial charge in [0.1, 0.15) is 0 Å². The number of nitrogens with one attached hydrogen (secondary N) is 1. The molecule has 2 rings (SSSR count). The van der Waals surface area contributed by atoms with Gasteiger partial charge in [-0.05, 0) is 43.7 Å². The lowest BCUT2D eigenvalue weighted by molar-refractivity contribution is 0.353. The van der Waals surface area contributed by atoms with E-state index in [0.717, 1.165) is 24.3 Å². The number of rotatable bonds is 7. The fourth-order valence-corrected chi connectivity index (χ4v) is 2.49. The molecule has 21 heavy (non-hydrogen) atoms. The molecule has 2 aromatic rings. The van der Waals surface area contributed by atoms with Gasteiger partial charge in [0, 0.05) is 25.0 Å². The van der Waals surface area contributed by atoms with E-state index in [2.05, 4.69) is 22.5 Å². The summed E-state index contributed by atoms with van der Waals surface area (Å²) in [6.45, 7) is 0. The van der Waals surface area contributed by atoms with Gasteiger partial charge in [-0.2, -0.15) is 5.10 Å². The Morgan fingerprint density at radius 3 is 2.52 bits per heavy atom. The Morgan fingerprint density at radius 1 is 1.19 bits per heavy atom. The quantitative estimate of drug-likeness (QED) is 0.850. The summed E-state index contributed by atoms with van der Waals surface area (Å²) in [5.74, 6) is 1.51. The number of benzene rings is 1. The molecule has 1 aromatic heterocycles. The zero-order valence-electron chi connectivity index (χ0n) is 13.1. The van der Waals surface area contributed by atoms with Gasteiger partial charge in [-0.3, -0.25) is 4.68 Å². The highest BCUT2D eigenvalue weighted by molar-refractivity contribution is 5.43. The molecule has 0 spiro atoms. The van der Waals surface area contributed by atoms with Crippen molar-refractivity contribution in [3.63, 3.8) is 0 Å². The molecule has 5 heteroatoms. The lowest BCUT2D eigenvalue weighted by Crippen LogP contribution is -2.17. The molecule has 1 heterocycles. The van der Waals surface area contributed by atoms with E-state index in [4.69, 9.17) is 9.47 Å².